The summed E-state index contributed by atoms with van der Waals surface area (Å²) in [7, 11) is -4.59. The molecule has 0 aliphatic carbocycles. The molecule has 0 spiro atoms. The van der Waals surface area contributed by atoms with E-state index < -0.39 is 26.8 Å². The average Bonchev–Trinajstić information content (AvgIpc) is 3.23. The summed E-state index contributed by atoms with van der Waals surface area (Å²) in [5.74, 6) is -1.79. The number of aryl methyl sites for hydroxylation is 1. The molecule has 0 radical (unpaired) electrons. The number of amides is 2. The molecule has 1 heterocycles. The van der Waals surface area contributed by atoms with Crippen LogP contribution in [0.1, 0.15) is 40.3 Å². The number of non-ortho nitro benzene ring substituents is 1. The van der Waals surface area contributed by atoms with Crippen molar-refractivity contribution in [2.45, 2.75) is 25.7 Å². The third-order valence-corrected chi connectivity index (χ3v) is 7.51. The Kier molecular flexibility index (Phi) is 7.68. The highest BCUT2D eigenvalue weighted by Gasteiger charge is 2.33. The van der Waals surface area contributed by atoms with Gasteiger partial charge >= 0.3 is 5.97 Å². The van der Waals surface area contributed by atoms with Crippen molar-refractivity contribution < 1.29 is 36.9 Å². The van der Waals surface area contributed by atoms with E-state index in [1.807, 2.05) is 0 Å². The number of furan rings is 1. The highest BCUT2D eigenvalue weighted by molar-refractivity contribution is 7.93. The summed E-state index contributed by atoms with van der Waals surface area (Å²) in [4.78, 5) is 47.9. The van der Waals surface area contributed by atoms with Gasteiger partial charge in [0.15, 0.2) is 0 Å². The van der Waals surface area contributed by atoms with Gasteiger partial charge in [-0.2, -0.15) is 4.31 Å². The molecule has 2 amide bonds. The molecule has 3 aromatic carbocycles. The van der Waals surface area contributed by atoms with E-state index in [0.717, 1.165) is 24.3 Å². The Balaban J connectivity index is 1.89. The first-order valence-corrected chi connectivity index (χ1v) is 13.3. The molecular formula is C27H23N3O9S. The zero-order valence-electron chi connectivity index (χ0n) is 21.5. The molecule has 1 aromatic heterocycles. The monoisotopic (exact) mass is 565 g/mol. The van der Waals surface area contributed by atoms with Crippen LogP contribution in [0.3, 0.4) is 0 Å². The van der Waals surface area contributed by atoms with E-state index in [4.69, 9.17) is 9.15 Å². The number of nitrogens with one attached hydrogen (secondary N) is 1. The number of hydrogen-bond donors (Lipinski definition) is 1. The van der Waals surface area contributed by atoms with Crippen LogP contribution in [0.15, 0.2) is 76.0 Å². The van der Waals surface area contributed by atoms with Gasteiger partial charge in [0.25, 0.3) is 21.6 Å². The van der Waals surface area contributed by atoms with Gasteiger partial charge in [-0.05, 0) is 68.4 Å². The number of carbonyl (C=O) groups excluding carboxylic acids is 3. The Morgan fingerprint density at radius 1 is 1.02 bits per heavy atom. The predicted octanol–water partition coefficient (Wildman–Crippen LogP) is 4.82. The second kappa shape index (κ2) is 11.0. The Hall–Kier alpha value is -5.04. The zero-order valence-corrected chi connectivity index (χ0v) is 22.4. The molecule has 0 atom stereocenters. The highest BCUT2D eigenvalue weighted by Crippen LogP contribution is 2.34. The number of hydrogen-bond acceptors (Lipinski definition) is 9. The van der Waals surface area contributed by atoms with Crippen LogP contribution in [0, 0.1) is 17.0 Å². The van der Waals surface area contributed by atoms with Crippen molar-refractivity contribution in [3.63, 3.8) is 0 Å². The lowest BCUT2D eigenvalue weighted by Gasteiger charge is -2.23. The Labute approximate surface area is 228 Å². The van der Waals surface area contributed by atoms with Crippen LogP contribution in [0.2, 0.25) is 0 Å². The summed E-state index contributed by atoms with van der Waals surface area (Å²) in [6.45, 7) is 4.58. The lowest BCUT2D eigenvalue weighted by Crippen LogP contribution is -2.37. The maximum atomic E-state index is 13.9. The molecule has 12 nitrogen and oxygen atoms in total. The van der Waals surface area contributed by atoms with Crippen LogP contribution in [-0.4, -0.2) is 37.7 Å². The largest absolute Gasteiger partial charge is 0.462 e. The van der Waals surface area contributed by atoms with E-state index in [1.165, 1.54) is 49.4 Å². The molecule has 0 unspecified atom stereocenters. The third-order valence-electron chi connectivity index (χ3n) is 5.78. The van der Waals surface area contributed by atoms with Crippen LogP contribution in [0.4, 0.5) is 17.1 Å². The molecule has 4 rings (SSSR count). The number of anilines is 2. The summed E-state index contributed by atoms with van der Waals surface area (Å²) in [6.07, 6.45) is 0. The molecular weight excluding hydrogens is 542 g/mol. The number of esters is 1. The number of sulfonamides is 1. The summed E-state index contributed by atoms with van der Waals surface area (Å²) in [5.41, 5.74) is 0.150. The van der Waals surface area contributed by atoms with E-state index in [-0.39, 0.29) is 56.6 Å². The number of benzene rings is 3. The van der Waals surface area contributed by atoms with Gasteiger partial charge in [-0.25, -0.2) is 13.2 Å². The predicted molar refractivity (Wildman–Crippen MR) is 145 cm³/mol. The highest BCUT2D eigenvalue weighted by atomic mass is 32.2. The lowest BCUT2D eigenvalue weighted by molar-refractivity contribution is -0.384. The van der Waals surface area contributed by atoms with Gasteiger partial charge in [0.05, 0.1) is 22.1 Å². The molecule has 0 fully saturated rings. The quantitative estimate of drug-likeness (QED) is 0.179. The van der Waals surface area contributed by atoms with Gasteiger partial charge in [-0.3, -0.25) is 19.7 Å². The van der Waals surface area contributed by atoms with Crippen molar-refractivity contribution in [1.82, 2.24) is 0 Å². The number of nitrogens with zero attached hydrogens (tertiary/aromatic N) is 2. The molecule has 0 aliphatic heterocycles. The maximum Gasteiger partial charge on any atom is 0.342 e. The summed E-state index contributed by atoms with van der Waals surface area (Å²) in [6, 6.07) is 13.7. The van der Waals surface area contributed by atoms with Crippen LogP contribution in [-0.2, 0) is 19.6 Å². The standard InChI is InChI=1S/C27H23N3O9S/c1-4-38-27(33)25-16(2)39-24-14-11-21(15-23(24)25)29(26(32)18-5-9-20(10-6-18)30(34)35)40(36,37)22-12-7-19(8-13-22)28-17(3)31/h5-15H,4H2,1-3H3,(H,28,31). The first-order chi connectivity index (χ1) is 18.9. The molecule has 4 aromatic rings. The number of carbonyl (C=O) groups is 3. The van der Waals surface area contributed by atoms with Crippen molar-refractivity contribution in [3.05, 3.63) is 93.7 Å². The van der Waals surface area contributed by atoms with Gasteiger partial charge in [0.2, 0.25) is 5.91 Å². The Morgan fingerprint density at radius 3 is 2.25 bits per heavy atom. The van der Waals surface area contributed by atoms with Crippen molar-refractivity contribution in [1.29, 1.82) is 0 Å². The van der Waals surface area contributed by atoms with Gasteiger partial charge < -0.3 is 14.5 Å². The molecule has 13 heteroatoms. The molecule has 1 N–H and O–H groups in total. The first-order valence-electron chi connectivity index (χ1n) is 11.9. The minimum Gasteiger partial charge on any atom is -0.462 e. The Bertz CT molecular complexity index is 1740. The average molecular weight is 566 g/mol. The van der Waals surface area contributed by atoms with Crippen molar-refractivity contribution in [2.75, 3.05) is 16.2 Å². The van der Waals surface area contributed by atoms with Crippen molar-refractivity contribution in [2.24, 2.45) is 0 Å². The van der Waals surface area contributed by atoms with Crippen LogP contribution in [0.5, 0.6) is 0 Å². The zero-order chi connectivity index (χ0) is 29.2. The van der Waals surface area contributed by atoms with Crippen LogP contribution >= 0.6 is 0 Å². The molecule has 0 saturated heterocycles. The SMILES string of the molecule is CCOC(=O)c1c(C)oc2ccc(N(C(=O)c3ccc([N+](=O)[O-])cc3)S(=O)(=O)c3ccc(NC(C)=O)cc3)cc12. The summed E-state index contributed by atoms with van der Waals surface area (Å²) >= 11 is 0. The molecule has 0 bridgehead atoms. The fourth-order valence-electron chi connectivity index (χ4n) is 4.02. The fourth-order valence-corrected chi connectivity index (χ4v) is 5.42. The first kappa shape index (κ1) is 28.0. The Morgan fingerprint density at radius 2 is 1.68 bits per heavy atom. The van der Waals surface area contributed by atoms with Crippen LogP contribution < -0.4 is 9.62 Å². The van der Waals surface area contributed by atoms with E-state index >= 15 is 0 Å². The van der Waals surface area contributed by atoms with Gasteiger partial charge in [-0.1, -0.05) is 0 Å². The van der Waals surface area contributed by atoms with Gasteiger partial charge in [0, 0.05) is 35.7 Å². The molecule has 40 heavy (non-hydrogen) atoms. The van der Waals surface area contributed by atoms with Gasteiger partial charge in [0.1, 0.15) is 16.9 Å². The van der Waals surface area contributed by atoms with E-state index in [9.17, 15) is 32.9 Å². The van der Waals surface area contributed by atoms with Crippen LogP contribution in [0.25, 0.3) is 11.0 Å². The summed E-state index contributed by atoms with van der Waals surface area (Å²) in [5, 5.41) is 13.8. The smallest absolute Gasteiger partial charge is 0.342 e. The molecule has 0 saturated carbocycles. The van der Waals surface area contributed by atoms with E-state index in [1.54, 1.807) is 13.8 Å². The van der Waals surface area contributed by atoms with Crippen molar-refractivity contribution in [3.8, 4) is 0 Å². The topological polar surface area (TPSA) is 166 Å². The lowest BCUT2D eigenvalue weighted by atomic mass is 10.1. The third kappa shape index (κ3) is 5.40. The van der Waals surface area contributed by atoms with Gasteiger partial charge in [-0.15, -0.1) is 0 Å². The van der Waals surface area contributed by atoms with E-state index in [0.29, 0.717) is 9.99 Å². The normalized spacial score (nSPS) is 11.2. The number of fused-ring (bicyclic) bond motifs is 1. The van der Waals surface area contributed by atoms with E-state index in [2.05, 4.69) is 5.32 Å². The molecule has 206 valence electrons. The minimum absolute atomic E-state index is 0.0819. The second-order valence-electron chi connectivity index (χ2n) is 8.52. The number of ether oxygens (including phenoxy) is 1. The second-order valence-corrected chi connectivity index (χ2v) is 10.3. The number of rotatable bonds is 8. The minimum atomic E-state index is -4.59. The number of nitro benzene ring substituents is 1. The van der Waals surface area contributed by atoms with Crippen molar-refractivity contribution >= 4 is 55.8 Å². The summed E-state index contributed by atoms with van der Waals surface area (Å²) < 4.78 is 39.1. The maximum absolute atomic E-state index is 13.9. The molecule has 0 aliphatic rings. The fraction of sp³-hybridized carbons (Fsp3) is 0.148. The number of nitro groups is 1.